The van der Waals surface area contributed by atoms with E-state index < -0.39 is 0 Å². The Morgan fingerprint density at radius 3 is 3.06 bits per heavy atom. The molecule has 0 spiro atoms. The van der Waals surface area contributed by atoms with Crippen LogP contribution in [0.3, 0.4) is 0 Å². The van der Waals surface area contributed by atoms with Crippen LogP contribution in [0.4, 0.5) is 4.39 Å². The Labute approximate surface area is 107 Å². The maximum atomic E-state index is 14.1. The van der Waals surface area contributed by atoms with E-state index in [1.165, 1.54) is 0 Å². The highest BCUT2D eigenvalue weighted by molar-refractivity contribution is 5.32. The monoisotopic (exact) mass is 250 g/mol. The fraction of sp³-hybridized carbons (Fsp3) is 0.600. The van der Waals surface area contributed by atoms with Gasteiger partial charge < -0.3 is 9.47 Å². The standard InChI is InChI=1S/C15H19FO2/c1-2-18-12-7-11-9-17-10-15(11,8-12)13-5-3-4-6-14(13)16/h3-6,11-12H,2,7-10H2,1H3/t11-,12-,15-/m0/s1. The minimum Gasteiger partial charge on any atom is -0.380 e. The van der Waals surface area contributed by atoms with Crippen molar-refractivity contribution in [3.63, 3.8) is 0 Å². The van der Waals surface area contributed by atoms with E-state index in [0.29, 0.717) is 12.5 Å². The number of ether oxygens (including phenoxy) is 2. The molecule has 0 unspecified atom stereocenters. The van der Waals surface area contributed by atoms with Crippen molar-refractivity contribution in [2.75, 3.05) is 19.8 Å². The maximum absolute atomic E-state index is 14.1. The Balaban J connectivity index is 1.95. The van der Waals surface area contributed by atoms with Crippen molar-refractivity contribution in [2.45, 2.75) is 31.3 Å². The van der Waals surface area contributed by atoms with Gasteiger partial charge in [-0.3, -0.25) is 0 Å². The number of halogens is 1. The minimum atomic E-state index is -0.162. The molecule has 0 radical (unpaired) electrons. The van der Waals surface area contributed by atoms with E-state index in [1.54, 1.807) is 12.1 Å². The maximum Gasteiger partial charge on any atom is 0.127 e. The Kier molecular flexibility index (Phi) is 3.12. The van der Waals surface area contributed by atoms with Crippen LogP contribution in [0.15, 0.2) is 24.3 Å². The van der Waals surface area contributed by atoms with Gasteiger partial charge >= 0.3 is 0 Å². The molecule has 1 saturated carbocycles. The van der Waals surface area contributed by atoms with E-state index in [4.69, 9.17) is 9.47 Å². The lowest BCUT2D eigenvalue weighted by Crippen LogP contribution is -2.31. The van der Waals surface area contributed by atoms with Crippen molar-refractivity contribution < 1.29 is 13.9 Å². The first-order valence-electron chi connectivity index (χ1n) is 6.70. The third-order valence-corrected chi connectivity index (χ3v) is 4.41. The molecule has 0 N–H and O–H groups in total. The summed E-state index contributed by atoms with van der Waals surface area (Å²) in [6, 6.07) is 7.12. The van der Waals surface area contributed by atoms with Crippen molar-refractivity contribution in [3.8, 4) is 0 Å². The summed E-state index contributed by atoms with van der Waals surface area (Å²) in [5.74, 6) is 0.288. The van der Waals surface area contributed by atoms with E-state index in [0.717, 1.165) is 31.6 Å². The molecule has 18 heavy (non-hydrogen) atoms. The summed E-state index contributed by atoms with van der Waals surface area (Å²) >= 11 is 0. The highest BCUT2D eigenvalue weighted by Crippen LogP contribution is 2.51. The molecule has 1 aromatic carbocycles. The summed E-state index contributed by atoms with van der Waals surface area (Å²) in [5.41, 5.74) is 0.653. The van der Waals surface area contributed by atoms with Crippen LogP contribution in [0.5, 0.6) is 0 Å². The predicted octanol–water partition coefficient (Wildman–Crippen LogP) is 2.91. The Hall–Kier alpha value is -0.930. The summed E-state index contributed by atoms with van der Waals surface area (Å²) in [7, 11) is 0. The molecule has 2 aliphatic rings. The van der Waals surface area contributed by atoms with E-state index in [-0.39, 0.29) is 17.3 Å². The average Bonchev–Trinajstić information content (AvgIpc) is 2.87. The summed E-state index contributed by atoms with van der Waals surface area (Å²) < 4.78 is 25.5. The molecule has 1 aliphatic heterocycles. The molecule has 1 aromatic rings. The van der Waals surface area contributed by atoms with Crippen LogP contribution in [0, 0.1) is 11.7 Å². The summed E-state index contributed by atoms with van der Waals surface area (Å²) in [5, 5.41) is 0. The second kappa shape index (κ2) is 4.63. The predicted molar refractivity (Wildman–Crippen MR) is 67.0 cm³/mol. The third kappa shape index (κ3) is 1.77. The fourth-order valence-corrected chi connectivity index (χ4v) is 3.62. The normalized spacial score (nSPS) is 34.8. The summed E-state index contributed by atoms with van der Waals surface area (Å²) in [6.07, 6.45) is 2.12. The molecule has 2 nitrogen and oxygen atoms in total. The first-order chi connectivity index (χ1) is 8.76. The molecule has 0 amide bonds. The Morgan fingerprint density at radius 2 is 2.28 bits per heavy atom. The molecular weight excluding hydrogens is 231 g/mol. The first-order valence-corrected chi connectivity index (χ1v) is 6.70. The number of hydrogen-bond donors (Lipinski definition) is 0. The van der Waals surface area contributed by atoms with Gasteiger partial charge in [-0.1, -0.05) is 18.2 Å². The van der Waals surface area contributed by atoms with Gasteiger partial charge in [-0.25, -0.2) is 4.39 Å². The van der Waals surface area contributed by atoms with E-state index >= 15 is 0 Å². The van der Waals surface area contributed by atoms with Gasteiger partial charge in [0, 0.05) is 12.0 Å². The second-order valence-electron chi connectivity index (χ2n) is 5.37. The Bertz CT molecular complexity index is 434. The number of hydrogen-bond acceptors (Lipinski definition) is 2. The molecule has 2 fully saturated rings. The number of benzene rings is 1. The van der Waals surface area contributed by atoms with Crippen molar-refractivity contribution in [3.05, 3.63) is 35.6 Å². The van der Waals surface area contributed by atoms with Gasteiger partial charge in [-0.2, -0.15) is 0 Å². The van der Waals surface area contributed by atoms with Gasteiger partial charge in [-0.15, -0.1) is 0 Å². The van der Waals surface area contributed by atoms with Crippen LogP contribution in [0.25, 0.3) is 0 Å². The van der Waals surface area contributed by atoms with E-state index in [1.807, 2.05) is 19.1 Å². The van der Waals surface area contributed by atoms with Crippen LogP contribution in [-0.4, -0.2) is 25.9 Å². The Morgan fingerprint density at radius 1 is 1.44 bits per heavy atom. The van der Waals surface area contributed by atoms with Crippen LogP contribution in [0.2, 0.25) is 0 Å². The zero-order valence-corrected chi connectivity index (χ0v) is 10.7. The molecule has 3 atom stereocenters. The summed E-state index contributed by atoms with van der Waals surface area (Å²) in [6.45, 7) is 4.10. The summed E-state index contributed by atoms with van der Waals surface area (Å²) in [4.78, 5) is 0. The molecule has 98 valence electrons. The van der Waals surface area contributed by atoms with Crippen molar-refractivity contribution in [1.82, 2.24) is 0 Å². The molecule has 1 heterocycles. The van der Waals surface area contributed by atoms with Crippen molar-refractivity contribution in [2.24, 2.45) is 5.92 Å². The topological polar surface area (TPSA) is 18.5 Å². The smallest absolute Gasteiger partial charge is 0.127 e. The lowest BCUT2D eigenvalue weighted by atomic mass is 9.74. The quantitative estimate of drug-likeness (QED) is 0.821. The van der Waals surface area contributed by atoms with Crippen molar-refractivity contribution in [1.29, 1.82) is 0 Å². The molecule has 0 bridgehead atoms. The molecule has 1 aliphatic carbocycles. The van der Waals surface area contributed by atoms with E-state index in [9.17, 15) is 4.39 Å². The molecule has 3 rings (SSSR count). The van der Waals surface area contributed by atoms with Gasteiger partial charge in [0.2, 0.25) is 0 Å². The second-order valence-corrected chi connectivity index (χ2v) is 5.37. The minimum absolute atomic E-state index is 0.106. The molecule has 0 aromatic heterocycles. The molecule has 3 heteroatoms. The lowest BCUT2D eigenvalue weighted by Gasteiger charge is -2.28. The molecular formula is C15H19FO2. The van der Waals surface area contributed by atoms with Gasteiger partial charge in [0.05, 0.1) is 19.3 Å². The van der Waals surface area contributed by atoms with Crippen LogP contribution in [-0.2, 0) is 14.9 Å². The van der Waals surface area contributed by atoms with Gasteiger partial charge in [0.15, 0.2) is 0 Å². The van der Waals surface area contributed by atoms with E-state index in [2.05, 4.69) is 0 Å². The van der Waals surface area contributed by atoms with Gasteiger partial charge in [-0.05, 0) is 37.3 Å². The number of fused-ring (bicyclic) bond motifs is 1. The van der Waals surface area contributed by atoms with Crippen LogP contribution >= 0.6 is 0 Å². The van der Waals surface area contributed by atoms with Crippen molar-refractivity contribution >= 4 is 0 Å². The zero-order chi connectivity index (χ0) is 12.6. The van der Waals surface area contributed by atoms with Crippen LogP contribution in [0.1, 0.15) is 25.3 Å². The van der Waals surface area contributed by atoms with Crippen LogP contribution < -0.4 is 0 Å². The first kappa shape index (κ1) is 12.1. The third-order valence-electron chi connectivity index (χ3n) is 4.41. The highest BCUT2D eigenvalue weighted by Gasteiger charge is 2.53. The van der Waals surface area contributed by atoms with Gasteiger partial charge in [0.1, 0.15) is 5.82 Å². The largest absolute Gasteiger partial charge is 0.380 e. The average molecular weight is 250 g/mol. The molecule has 1 saturated heterocycles. The van der Waals surface area contributed by atoms with Gasteiger partial charge in [0.25, 0.3) is 0 Å². The highest BCUT2D eigenvalue weighted by atomic mass is 19.1. The number of rotatable bonds is 3. The lowest BCUT2D eigenvalue weighted by molar-refractivity contribution is 0.0480. The fourth-order valence-electron chi connectivity index (χ4n) is 3.62. The zero-order valence-electron chi connectivity index (χ0n) is 10.7. The SMILES string of the molecule is CCO[C@H]1C[C@H]2COC[C@@]2(c2ccccc2F)C1.